The van der Waals surface area contributed by atoms with Crippen LogP contribution in [0.15, 0.2) is 28.3 Å². The molecule has 1 aromatic heterocycles. The van der Waals surface area contributed by atoms with Crippen LogP contribution in [0, 0.1) is 0 Å². The number of nitrogens with one attached hydrogen (secondary N) is 2. The van der Waals surface area contributed by atoms with E-state index >= 15 is 0 Å². The van der Waals surface area contributed by atoms with E-state index in [2.05, 4.69) is 20.6 Å². The van der Waals surface area contributed by atoms with E-state index in [1.807, 2.05) is 6.92 Å². The Balaban J connectivity index is 2.39. The molecule has 0 fully saturated rings. The van der Waals surface area contributed by atoms with Gasteiger partial charge in [0, 0.05) is 6.54 Å². The number of H-pyrrole nitrogens is 1. The molecule has 9 heteroatoms. The second-order valence-electron chi connectivity index (χ2n) is 4.61. The van der Waals surface area contributed by atoms with E-state index in [1.165, 1.54) is 18.2 Å². The summed E-state index contributed by atoms with van der Waals surface area (Å²) in [6.45, 7) is 2.34. The van der Waals surface area contributed by atoms with Crippen molar-refractivity contribution in [2.75, 3.05) is 6.54 Å². The Hall–Kier alpha value is -1.42. The lowest BCUT2D eigenvalue weighted by molar-refractivity contribution is 0.553. The van der Waals surface area contributed by atoms with Crippen molar-refractivity contribution in [2.45, 2.75) is 29.8 Å². The number of nitrogens with zero attached hydrogens (tertiary/aromatic N) is 1. The zero-order chi connectivity index (χ0) is 15.7. The number of hydrogen-bond donors (Lipinski definition) is 3. The summed E-state index contributed by atoms with van der Waals surface area (Å²) >= 11 is 0. The Morgan fingerprint density at radius 3 is 2.71 bits per heavy atom. The largest absolute Gasteiger partial charge is 0.329 e. The summed E-state index contributed by atoms with van der Waals surface area (Å²) < 4.78 is 47.5. The van der Waals surface area contributed by atoms with Gasteiger partial charge >= 0.3 is 0 Å². The third-order valence-corrected chi connectivity index (χ3v) is 5.12. The van der Waals surface area contributed by atoms with Gasteiger partial charge in [-0.1, -0.05) is 13.3 Å². The molecular weight excluding hydrogens is 314 g/mol. The number of imidazole rings is 1. The summed E-state index contributed by atoms with van der Waals surface area (Å²) in [5, 5.41) is -0.175. The average Bonchev–Trinajstić information content (AvgIpc) is 2.81. The number of fused-ring (bicyclic) bond motifs is 1. The van der Waals surface area contributed by atoms with Crippen LogP contribution in [0.3, 0.4) is 0 Å². The van der Waals surface area contributed by atoms with Gasteiger partial charge in [0.05, 0.1) is 15.9 Å². The number of unbranched alkanes of at least 4 members (excludes halogenated alkanes) is 1. The minimum Gasteiger partial charge on any atom is -0.329 e. The summed E-state index contributed by atoms with van der Waals surface area (Å²) in [6, 6.07) is 4.27. The first-order valence-corrected chi connectivity index (χ1v) is 9.50. The van der Waals surface area contributed by atoms with Crippen molar-refractivity contribution in [3.05, 3.63) is 18.2 Å². The molecule has 0 aliphatic rings. The van der Waals surface area contributed by atoms with Crippen LogP contribution in [0.5, 0.6) is 0 Å². The molecule has 1 aromatic carbocycles. The lowest BCUT2D eigenvalue weighted by Gasteiger charge is -2.05. The van der Waals surface area contributed by atoms with Gasteiger partial charge < -0.3 is 9.54 Å². The lowest BCUT2D eigenvalue weighted by atomic mass is 10.3. The fourth-order valence-electron chi connectivity index (χ4n) is 1.75. The van der Waals surface area contributed by atoms with Crippen LogP contribution in [-0.4, -0.2) is 39.6 Å². The van der Waals surface area contributed by atoms with Crippen LogP contribution in [0.2, 0.25) is 0 Å². The molecule has 0 radical (unpaired) electrons. The zero-order valence-electron chi connectivity index (χ0n) is 11.5. The maximum Gasteiger partial charge on any atom is 0.240 e. The molecule has 1 atom stereocenters. The van der Waals surface area contributed by atoms with Gasteiger partial charge in [-0.15, -0.1) is 0 Å². The molecule has 0 amide bonds. The second kappa shape index (κ2) is 5.76. The van der Waals surface area contributed by atoms with Crippen molar-refractivity contribution in [3.8, 4) is 0 Å². The number of benzene rings is 1. The summed E-state index contributed by atoms with van der Waals surface area (Å²) in [5.41, 5.74) is 0.775. The molecule has 21 heavy (non-hydrogen) atoms. The third kappa shape index (κ3) is 3.62. The molecule has 1 unspecified atom stereocenters. The fourth-order valence-corrected chi connectivity index (χ4v) is 3.36. The molecular formula is C12H17N3O4S2. The van der Waals surface area contributed by atoms with E-state index in [4.69, 9.17) is 0 Å². The molecule has 0 saturated carbocycles. The smallest absolute Gasteiger partial charge is 0.240 e. The van der Waals surface area contributed by atoms with Crippen molar-refractivity contribution >= 4 is 36.7 Å². The minimum atomic E-state index is -3.60. The van der Waals surface area contributed by atoms with E-state index < -0.39 is 19.8 Å². The highest BCUT2D eigenvalue weighted by molar-refractivity contribution is 7.95. The quantitative estimate of drug-likeness (QED) is 0.544. The van der Waals surface area contributed by atoms with Crippen molar-refractivity contribution in [3.63, 3.8) is 0 Å². The third-order valence-electron chi connectivity index (χ3n) is 2.87. The number of aromatic nitrogens is 2. The summed E-state index contributed by atoms with van der Waals surface area (Å²) in [5.74, 6) is 3.12. The Morgan fingerprint density at radius 1 is 1.38 bits per heavy atom. The molecule has 7 nitrogen and oxygen atoms in total. The Labute approximate surface area is 123 Å². The van der Waals surface area contributed by atoms with Gasteiger partial charge in [-0.05, 0) is 30.5 Å². The standard InChI is InChI=1S/C12H17N3O4S2/c1-3-4-7-13-21(18,19)9-5-6-10-11(8-9)15-12(14-10)20(2,16)17/h5-6,8,13H,2-4,7H2,1H3,(H,14,15)(H,16,17). The van der Waals surface area contributed by atoms with E-state index in [-0.39, 0.29) is 10.1 Å². The molecule has 2 rings (SSSR count). The van der Waals surface area contributed by atoms with Crippen LogP contribution in [0.4, 0.5) is 0 Å². The lowest BCUT2D eigenvalue weighted by Crippen LogP contribution is -2.24. The Bertz CT molecular complexity index is 854. The number of sulfonamides is 1. The second-order valence-corrected chi connectivity index (χ2v) is 8.05. The topological polar surface area (TPSA) is 112 Å². The Kier molecular flexibility index (Phi) is 4.38. The molecule has 2 aromatic rings. The van der Waals surface area contributed by atoms with Gasteiger partial charge in [-0.3, -0.25) is 0 Å². The molecule has 0 bridgehead atoms. The van der Waals surface area contributed by atoms with Crippen LogP contribution < -0.4 is 4.72 Å². The highest BCUT2D eigenvalue weighted by Crippen LogP contribution is 2.19. The SMILES string of the molecule is C=S(=O)(O)c1nc2ccc(S(=O)(=O)NCCCC)cc2[nH]1. The molecule has 1 heterocycles. The van der Waals surface area contributed by atoms with Crippen LogP contribution in [0.25, 0.3) is 11.0 Å². The molecule has 0 aliphatic carbocycles. The normalized spacial score (nSPS) is 15.1. The average molecular weight is 331 g/mol. The van der Waals surface area contributed by atoms with Crippen molar-refractivity contribution in [1.29, 1.82) is 0 Å². The maximum atomic E-state index is 12.1. The fraction of sp³-hybridized carbons (Fsp3) is 0.333. The zero-order valence-corrected chi connectivity index (χ0v) is 13.1. The molecule has 0 spiro atoms. The van der Waals surface area contributed by atoms with E-state index in [9.17, 15) is 17.2 Å². The van der Waals surface area contributed by atoms with Gasteiger partial charge in [0.2, 0.25) is 15.2 Å². The molecule has 116 valence electrons. The molecule has 0 saturated heterocycles. The highest BCUT2D eigenvalue weighted by Gasteiger charge is 2.16. The summed E-state index contributed by atoms with van der Waals surface area (Å²) in [6.07, 6.45) is 1.64. The summed E-state index contributed by atoms with van der Waals surface area (Å²) in [4.78, 5) is 6.63. The van der Waals surface area contributed by atoms with E-state index in [0.717, 1.165) is 12.8 Å². The van der Waals surface area contributed by atoms with Gasteiger partial charge in [0.25, 0.3) is 0 Å². The first-order chi connectivity index (χ1) is 9.74. The van der Waals surface area contributed by atoms with Crippen molar-refractivity contribution in [1.82, 2.24) is 14.7 Å². The van der Waals surface area contributed by atoms with Gasteiger partial charge in [0.15, 0.2) is 0 Å². The maximum absolute atomic E-state index is 12.1. The number of hydrogen-bond acceptors (Lipinski definition) is 4. The van der Waals surface area contributed by atoms with Gasteiger partial charge in [-0.2, -0.15) is 0 Å². The Morgan fingerprint density at radius 2 is 2.10 bits per heavy atom. The van der Waals surface area contributed by atoms with E-state index in [0.29, 0.717) is 17.6 Å². The van der Waals surface area contributed by atoms with Crippen molar-refractivity contribution < 1.29 is 17.2 Å². The molecule has 3 N–H and O–H groups in total. The van der Waals surface area contributed by atoms with Crippen molar-refractivity contribution in [2.24, 2.45) is 0 Å². The van der Waals surface area contributed by atoms with Crippen LogP contribution in [0.1, 0.15) is 19.8 Å². The van der Waals surface area contributed by atoms with Gasteiger partial charge in [0.1, 0.15) is 9.80 Å². The number of aromatic amines is 1. The van der Waals surface area contributed by atoms with Gasteiger partial charge in [-0.25, -0.2) is 22.3 Å². The predicted octanol–water partition coefficient (Wildman–Crippen LogP) is 1.19. The minimum absolute atomic E-state index is 0.0785. The number of rotatable bonds is 6. The molecule has 0 aliphatic heterocycles. The predicted molar refractivity (Wildman–Crippen MR) is 82.3 cm³/mol. The first-order valence-electron chi connectivity index (χ1n) is 6.33. The van der Waals surface area contributed by atoms with Crippen LogP contribution >= 0.6 is 0 Å². The summed E-state index contributed by atoms with van der Waals surface area (Å²) in [7, 11) is -7.06. The first kappa shape index (κ1) is 16.0. The highest BCUT2D eigenvalue weighted by atomic mass is 32.2. The van der Waals surface area contributed by atoms with E-state index in [1.54, 1.807) is 0 Å². The monoisotopic (exact) mass is 331 g/mol. The van der Waals surface area contributed by atoms with Crippen LogP contribution in [-0.2, 0) is 19.8 Å².